The third-order valence-corrected chi connectivity index (χ3v) is 4.68. The van der Waals surface area contributed by atoms with E-state index in [4.69, 9.17) is 0 Å². The number of rotatable bonds is 6. The van der Waals surface area contributed by atoms with Crippen LogP contribution in [0.3, 0.4) is 0 Å². The largest absolute Gasteiger partial charge is 0.361 e. The van der Waals surface area contributed by atoms with Crippen molar-refractivity contribution in [2.45, 2.75) is 6.42 Å². The summed E-state index contributed by atoms with van der Waals surface area (Å²) < 4.78 is 0. The zero-order valence-electron chi connectivity index (χ0n) is 15.6. The standard InChI is InChI=1S/C22H21N5O/c1-27(17-7-3-2-4-8-17)21(28)20-12-14-24-22(26-20)23-13-11-16-15-25-19-10-6-5-9-18(16)19/h2-10,12,14-15,25H,11,13H2,1H3,(H,23,24,26). The first kappa shape index (κ1) is 17.7. The Balaban J connectivity index is 1.42. The van der Waals surface area contributed by atoms with Gasteiger partial charge in [-0.05, 0) is 36.2 Å². The molecule has 28 heavy (non-hydrogen) atoms. The summed E-state index contributed by atoms with van der Waals surface area (Å²) >= 11 is 0. The van der Waals surface area contributed by atoms with E-state index < -0.39 is 0 Å². The first-order valence-electron chi connectivity index (χ1n) is 9.17. The monoisotopic (exact) mass is 371 g/mol. The molecule has 6 heteroatoms. The number of fused-ring (bicyclic) bond motifs is 1. The molecule has 2 heterocycles. The van der Waals surface area contributed by atoms with Crippen LogP contribution in [0.4, 0.5) is 11.6 Å². The smallest absolute Gasteiger partial charge is 0.276 e. The Morgan fingerprint density at radius 2 is 1.86 bits per heavy atom. The maximum atomic E-state index is 12.7. The average molecular weight is 371 g/mol. The average Bonchev–Trinajstić information content (AvgIpc) is 3.17. The number of anilines is 2. The highest BCUT2D eigenvalue weighted by atomic mass is 16.2. The van der Waals surface area contributed by atoms with Crippen LogP contribution in [0.25, 0.3) is 10.9 Å². The van der Waals surface area contributed by atoms with Crippen molar-refractivity contribution < 1.29 is 4.79 Å². The molecule has 4 rings (SSSR count). The molecule has 0 saturated heterocycles. The van der Waals surface area contributed by atoms with Crippen molar-refractivity contribution in [1.29, 1.82) is 0 Å². The van der Waals surface area contributed by atoms with Crippen LogP contribution in [0.2, 0.25) is 0 Å². The van der Waals surface area contributed by atoms with Gasteiger partial charge in [0.05, 0.1) is 0 Å². The van der Waals surface area contributed by atoms with Gasteiger partial charge in [-0.2, -0.15) is 0 Å². The number of hydrogen-bond donors (Lipinski definition) is 2. The maximum Gasteiger partial charge on any atom is 0.276 e. The van der Waals surface area contributed by atoms with Gasteiger partial charge in [0.2, 0.25) is 5.95 Å². The molecule has 0 unspecified atom stereocenters. The number of nitrogens with zero attached hydrogens (tertiary/aromatic N) is 3. The molecule has 0 radical (unpaired) electrons. The van der Waals surface area contributed by atoms with Crippen LogP contribution >= 0.6 is 0 Å². The number of hydrogen-bond acceptors (Lipinski definition) is 4. The summed E-state index contributed by atoms with van der Waals surface area (Å²) in [6, 6.07) is 19.4. The Bertz CT molecular complexity index is 1090. The molecular formula is C22H21N5O. The lowest BCUT2D eigenvalue weighted by molar-refractivity contribution is 0.0988. The molecule has 0 atom stereocenters. The number of aromatic nitrogens is 3. The predicted octanol–water partition coefficient (Wildman–Crippen LogP) is 3.89. The highest BCUT2D eigenvalue weighted by molar-refractivity contribution is 6.04. The molecular weight excluding hydrogens is 350 g/mol. The molecule has 4 aromatic rings. The second-order valence-corrected chi connectivity index (χ2v) is 6.50. The van der Waals surface area contributed by atoms with E-state index in [-0.39, 0.29) is 5.91 Å². The summed E-state index contributed by atoms with van der Waals surface area (Å²) in [7, 11) is 1.74. The molecule has 0 aliphatic heterocycles. The lowest BCUT2D eigenvalue weighted by atomic mass is 10.1. The zero-order valence-corrected chi connectivity index (χ0v) is 15.6. The van der Waals surface area contributed by atoms with E-state index in [1.807, 2.05) is 48.7 Å². The molecule has 2 aromatic heterocycles. The molecule has 1 amide bonds. The fourth-order valence-electron chi connectivity index (χ4n) is 3.15. The Kier molecular flexibility index (Phi) is 5.01. The molecule has 0 saturated carbocycles. The first-order chi connectivity index (χ1) is 13.7. The Morgan fingerprint density at radius 1 is 1.07 bits per heavy atom. The van der Waals surface area contributed by atoms with Gasteiger partial charge in [0, 0.05) is 42.6 Å². The number of H-pyrrole nitrogens is 1. The van der Waals surface area contributed by atoms with Gasteiger partial charge in [-0.1, -0.05) is 36.4 Å². The molecule has 0 fully saturated rings. The number of amides is 1. The quantitative estimate of drug-likeness (QED) is 0.539. The third kappa shape index (κ3) is 3.71. The SMILES string of the molecule is CN(C(=O)c1ccnc(NCCc2c[nH]c3ccccc23)n1)c1ccccc1. The maximum absolute atomic E-state index is 12.7. The molecule has 6 nitrogen and oxygen atoms in total. The fourth-order valence-corrected chi connectivity index (χ4v) is 3.15. The normalized spacial score (nSPS) is 10.8. The van der Waals surface area contributed by atoms with E-state index in [0.29, 0.717) is 18.2 Å². The van der Waals surface area contributed by atoms with Crippen molar-refractivity contribution in [1.82, 2.24) is 15.0 Å². The van der Waals surface area contributed by atoms with Crippen LogP contribution in [-0.2, 0) is 6.42 Å². The Morgan fingerprint density at radius 3 is 2.71 bits per heavy atom. The van der Waals surface area contributed by atoms with Crippen LogP contribution in [0.5, 0.6) is 0 Å². The van der Waals surface area contributed by atoms with E-state index in [9.17, 15) is 4.79 Å². The minimum atomic E-state index is -0.173. The van der Waals surface area contributed by atoms with Gasteiger partial charge < -0.3 is 15.2 Å². The number of aromatic amines is 1. The van der Waals surface area contributed by atoms with E-state index >= 15 is 0 Å². The number of para-hydroxylation sites is 2. The van der Waals surface area contributed by atoms with Crippen molar-refractivity contribution in [3.05, 3.63) is 84.3 Å². The highest BCUT2D eigenvalue weighted by Crippen LogP contribution is 2.18. The van der Waals surface area contributed by atoms with Gasteiger partial charge in [0.1, 0.15) is 5.69 Å². The lowest BCUT2D eigenvalue weighted by Crippen LogP contribution is -2.27. The number of nitrogens with one attached hydrogen (secondary N) is 2. The molecule has 0 spiro atoms. The van der Waals surface area contributed by atoms with Crippen LogP contribution in [0.15, 0.2) is 73.1 Å². The van der Waals surface area contributed by atoms with Crippen LogP contribution in [0.1, 0.15) is 16.1 Å². The van der Waals surface area contributed by atoms with Crippen molar-refractivity contribution in [2.75, 3.05) is 23.8 Å². The minimum Gasteiger partial charge on any atom is -0.361 e. The topological polar surface area (TPSA) is 73.9 Å². The summed E-state index contributed by atoms with van der Waals surface area (Å²) in [5, 5.41) is 4.44. The second kappa shape index (κ2) is 7.92. The van der Waals surface area contributed by atoms with Gasteiger partial charge >= 0.3 is 0 Å². The minimum absolute atomic E-state index is 0.173. The molecule has 0 bridgehead atoms. The number of benzene rings is 2. The second-order valence-electron chi connectivity index (χ2n) is 6.50. The number of carbonyl (C=O) groups excluding carboxylic acids is 1. The van der Waals surface area contributed by atoms with Crippen LogP contribution < -0.4 is 10.2 Å². The fraction of sp³-hybridized carbons (Fsp3) is 0.136. The van der Waals surface area contributed by atoms with Crippen molar-refractivity contribution >= 4 is 28.4 Å². The van der Waals surface area contributed by atoms with Gasteiger partial charge in [-0.25, -0.2) is 9.97 Å². The van der Waals surface area contributed by atoms with E-state index in [2.05, 4.69) is 32.4 Å². The van der Waals surface area contributed by atoms with E-state index in [0.717, 1.165) is 17.6 Å². The van der Waals surface area contributed by atoms with Crippen molar-refractivity contribution in [3.63, 3.8) is 0 Å². The Hall–Kier alpha value is -3.67. The van der Waals surface area contributed by atoms with Gasteiger partial charge in [0.25, 0.3) is 5.91 Å². The van der Waals surface area contributed by atoms with Gasteiger partial charge in [-0.3, -0.25) is 4.79 Å². The van der Waals surface area contributed by atoms with Crippen molar-refractivity contribution in [3.8, 4) is 0 Å². The number of carbonyl (C=O) groups is 1. The summed E-state index contributed by atoms with van der Waals surface area (Å²) in [6.07, 6.45) is 4.46. The third-order valence-electron chi connectivity index (χ3n) is 4.68. The van der Waals surface area contributed by atoms with Crippen LogP contribution in [-0.4, -0.2) is 34.5 Å². The first-order valence-corrected chi connectivity index (χ1v) is 9.17. The summed E-state index contributed by atoms with van der Waals surface area (Å²) in [5.74, 6) is 0.278. The summed E-state index contributed by atoms with van der Waals surface area (Å²) in [4.78, 5) is 26.2. The molecule has 0 aliphatic rings. The van der Waals surface area contributed by atoms with Crippen LogP contribution in [0, 0.1) is 0 Å². The lowest BCUT2D eigenvalue weighted by Gasteiger charge is -2.17. The summed E-state index contributed by atoms with van der Waals surface area (Å²) in [6.45, 7) is 0.675. The molecule has 2 aromatic carbocycles. The van der Waals surface area contributed by atoms with Gasteiger partial charge in [-0.15, -0.1) is 0 Å². The van der Waals surface area contributed by atoms with Gasteiger partial charge in [0.15, 0.2) is 0 Å². The highest BCUT2D eigenvalue weighted by Gasteiger charge is 2.15. The van der Waals surface area contributed by atoms with E-state index in [1.165, 1.54) is 10.9 Å². The summed E-state index contributed by atoms with van der Waals surface area (Å²) in [5.41, 5.74) is 3.54. The zero-order chi connectivity index (χ0) is 19.3. The Labute approximate surface area is 163 Å². The molecule has 0 aliphatic carbocycles. The van der Waals surface area contributed by atoms with Crippen molar-refractivity contribution in [2.24, 2.45) is 0 Å². The molecule has 140 valence electrons. The predicted molar refractivity (Wildman–Crippen MR) is 112 cm³/mol. The van der Waals surface area contributed by atoms with E-state index in [1.54, 1.807) is 24.2 Å². The molecule has 2 N–H and O–H groups in total.